The van der Waals surface area contributed by atoms with Gasteiger partial charge in [0.25, 0.3) is 0 Å². The van der Waals surface area contributed by atoms with Crippen molar-refractivity contribution in [3.8, 4) is 0 Å². The molecule has 1 aliphatic heterocycles. The minimum absolute atomic E-state index is 0.146. The molecule has 1 heterocycles. The Morgan fingerprint density at radius 1 is 1.19 bits per heavy atom. The fourth-order valence-electron chi connectivity index (χ4n) is 2.34. The van der Waals surface area contributed by atoms with E-state index in [1.807, 2.05) is 0 Å². The maximum absolute atomic E-state index is 12.0. The molecule has 21 heavy (non-hydrogen) atoms. The molecule has 0 atom stereocenters. The molecule has 0 spiro atoms. The first kappa shape index (κ1) is 18.1. The molecule has 7 heteroatoms. The number of guanidine groups is 1. The van der Waals surface area contributed by atoms with E-state index in [1.165, 1.54) is 12.8 Å². The van der Waals surface area contributed by atoms with E-state index < -0.39 is 12.6 Å². The summed E-state index contributed by atoms with van der Waals surface area (Å²) in [5, 5.41) is 5.72. The molecule has 0 bridgehead atoms. The Bertz CT molecular complexity index is 310. The number of alkyl halides is 3. The zero-order valence-electron chi connectivity index (χ0n) is 13.0. The highest BCUT2D eigenvalue weighted by atomic mass is 19.4. The second-order valence-corrected chi connectivity index (χ2v) is 5.67. The summed E-state index contributed by atoms with van der Waals surface area (Å²) >= 11 is 0. The first-order chi connectivity index (χ1) is 9.90. The van der Waals surface area contributed by atoms with Crippen LogP contribution in [0.1, 0.15) is 32.6 Å². The van der Waals surface area contributed by atoms with Crippen LogP contribution < -0.4 is 10.6 Å². The molecule has 1 aliphatic rings. The number of likely N-dealkylation sites (tertiary alicyclic amines) is 1. The van der Waals surface area contributed by atoms with Crippen molar-refractivity contribution in [1.29, 1.82) is 0 Å². The second kappa shape index (κ2) is 9.12. The average Bonchev–Trinajstić information content (AvgIpc) is 2.42. The zero-order valence-corrected chi connectivity index (χ0v) is 13.0. The van der Waals surface area contributed by atoms with Crippen LogP contribution in [0.25, 0.3) is 0 Å². The van der Waals surface area contributed by atoms with E-state index in [2.05, 4.69) is 27.4 Å². The Labute approximate surface area is 125 Å². The fraction of sp³-hybridized carbons (Fsp3) is 0.929. The molecule has 0 unspecified atom stereocenters. The van der Waals surface area contributed by atoms with Crippen molar-refractivity contribution in [1.82, 2.24) is 15.5 Å². The Morgan fingerprint density at radius 2 is 1.81 bits per heavy atom. The maximum Gasteiger partial charge on any atom is 0.390 e. The summed E-state index contributed by atoms with van der Waals surface area (Å²) in [4.78, 5) is 6.36. The standard InChI is InChI=1S/C14H27F3N4/c1-12-4-10-21(11-5-12)9-3-7-19-13(18-2)20-8-6-14(15,16)17/h12H,3-11H2,1-2H3,(H2,18,19,20). The fourth-order valence-corrected chi connectivity index (χ4v) is 2.34. The van der Waals surface area contributed by atoms with Crippen molar-refractivity contribution in [3.05, 3.63) is 0 Å². The van der Waals surface area contributed by atoms with Crippen LogP contribution in [0.3, 0.4) is 0 Å². The van der Waals surface area contributed by atoms with Gasteiger partial charge in [-0.2, -0.15) is 13.2 Å². The van der Waals surface area contributed by atoms with Crippen LogP contribution in [0.5, 0.6) is 0 Å². The van der Waals surface area contributed by atoms with Crippen LogP contribution in [0.15, 0.2) is 4.99 Å². The lowest BCUT2D eigenvalue weighted by Crippen LogP contribution is -2.40. The van der Waals surface area contributed by atoms with Gasteiger partial charge in [0.05, 0.1) is 6.42 Å². The zero-order chi connectivity index (χ0) is 15.7. The van der Waals surface area contributed by atoms with Crippen molar-refractivity contribution in [2.75, 3.05) is 39.8 Å². The van der Waals surface area contributed by atoms with Gasteiger partial charge in [-0.15, -0.1) is 0 Å². The summed E-state index contributed by atoms with van der Waals surface area (Å²) in [5.74, 6) is 1.27. The number of nitrogens with one attached hydrogen (secondary N) is 2. The van der Waals surface area contributed by atoms with Crippen molar-refractivity contribution in [2.45, 2.75) is 38.8 Å². The van der Waals surface area contributed by atoms with Gasteiger partial charge in [0.1, 0.15) is 0 Å². The number of aliphatic imine (C=N–C) groups is 1. The normalized spacial score (nSPS) is 18.8. The third-order valence-corrected chi connectivity index (χ3v) is 3.74. The highest BCUT2D eigenvalue weighted by molar-refractivity contribution is 5.79. The van der Waals surface area contributed by atoms with Crippen LogP contribution in [0.2, 0.25) is 0 Å². The van der Waals surface area contributed by atoms with Crippen molar-refractivity contribution < 1.29 is 13.2 Å². The topological polar surface area (TPSA) is 39.7 Å². The van der Waals surface area contributed by atoms with E-state index in [0.29, 0.717) is 5.96 Å². The summed E-state index contributed by atoms with van der Waals surface area (Å²) in [6.07, 6.45) is -1.49. The van der Waals surface area contributed by atoms with Crippen LogP contribution in [0, 0.1) is 5.92 Å². The summed E-state index contributed by atoms with van der Waals surface area (Å²) < 4.78 is 36.1. The predicted octanol–water partition coefficient (Wildman–Crippen LogP) is 2.23. The van der Waals surface area contributed by atoms with E-state index in [-0.39, 0.29) is 6.54 Å². The number of nitrogens with zero attached hydrogens (tertiary/aromatic N) is 2. The molecule has 0 amide bonds. The Hall–Kier alpha value is -0.980. The SMILES string of the molecule is CN=C(NCCCN1CCC(C)CC1)NCCC(F)(F)F. The van der Waals surface area contributed by atoms with Gasteiger partial charge in [0, 0.05) is 20.1 Å². The molecule has 124 valence electrons. The van der Waals surface area contributed by atoms with Gasteiger partial charge in [-0.05, 0) is 44.8 Å². The first-order valence-electron chi connectivity index (χ1n) is 7.64. The van der Waals surface area contributed by atoms with Gasteiger partial charge >= 0.3 is 6.18 Å². The van der Waals surface area contributed by atoms with Crippen LogP contribution in [0.4, 0.5) is 13.2 Å². The van der Waals surface area contributed by atoms with E-state index >= 15 is 0 Å². The molecule has 0 aromatic rings. The van der Waals surface area contributed by atoms with E-state index in [9.17, 15) is 13.2 Å². The van der Waals surface area contributed by atoms with Crippen molar-refractivity contribution in [3.63, 3.8) is 0 Å². The van der Waals surface area contributed by atoms with Crippen molar-refractivity contribution >= 4 is 5.96 Å². The number of rotatable bonds is 6. The molecular formula is C14H27F3N4. The van der Waals surface area contributed by atoms with E-state index in [0.717, 1.165) is 38.5 Å². The van der Waals surface area contributed by atoms with Gasteiger partial charge < -0.3 is 15.5 Å². The van der Waals surface area contributed by atoms with Crippen LogP contribution in [-0.4, -0.2) is 56.8 Å². The third kappa shape index (κ3) is 8.80. The largest absolute Gasteiger partial charge is 0.390 e. The summed E-state index contributed by atoms with van der Waals surface area (Å²) in [5.41, 5.74) is 0. The Morgan fingerprint density at radius 3 is 2.38 bits per heavy atom. The van der Waals surface area contributed by atoms with Crippen LogP contribution in [-0.2, 0) is 0 Å². The van der Waals surface area contributed by atoms with Gasteiger partial charge in [-0.3, -0.25) is 4.99 Å². The Balaban J connectivity index is 2.07. The Kier molecular flexibility index (Phi) is 7.85. The molecule has 0 radical (unpaired) electrons. The summed E-state index contributed by atoms with van der Waals surface area (Å²) in [7, 11) is 1.56. The number of halogens is 3. The average molecular weight is 308 g/mol. The smallest absolute Gasteiger partial charge is 0.356 e. The maximum atomic E-state index is 12.0. The minimum atomic E-state index is -4.13. The monoisotopic (exact) mass is 308 g/mol. The second-order valence-electron chi connectivity index (χ2n) is 5.67. The van der Waals surface area contributed by atoms with E-state index in [1.54, 1.807) is 7.05 Å². The molecule has 2 N–H and O–H groups in total. The highest BCUT2D eigenvalue weighted by Gasteiger charge is 2.26. The van der Waals surface area contributed by atoms with Crippen LogP contribution >= 0.6 is 0 Å². The third-order valence-electron chi connectivity index (χ3n) is 3.74. The quantitative estimate of drug-likeness (QED) is 0.449. The predicted molar refractivity (Wildman–Crippen MR) is 79.5 cm³/mol. The van der Waals surface area contributed by atoms with Gasteiger partial charge in [0.2, 0.25) is 0 Å². The van der Waals surface area contributed by atoms with Gasteiger partial charge in [-0.25, -0.2) is 0 Å². The lowest BCUT2D eigenvalue weighted by atomic mass is 9.99. The number of hydrogen-bond acceptors (Lipinski definition) is 2. The molecular weight excluding hydrogens is 281 g/mol. The lowest BCUT2D eigenvalue weighted by Gasteiger charge is -2.30. The molecule has 1 fully saturated rings. The highest BCUT2D eigenvalue weighted by Crippen LogP contribution is 2.18. The van der Waals surface area contributed by atoms with Gasteiger partial charge in [-0.1, -0.05) is 6.92 Å². The molecule has 0 aromatic heterocycles. The molecule has 0 aromatic carbocycles. The lowest BCUT2D eigenvalue weighted by molar-refractivity contribution is -0.132. The molecule has 4 nitrogen and oxygen atoms in total. The number of hydrogen-bond donors (Lipinski definition) is 2. The summed E-state index contributed by atoms with van der Waals surface area (Å²) in [6.45, 7) is 6.19. The molecule has 1 saturated heterocycles. The van der Waals surface area contributed by atoms with E-state index in [4.69, 9.17) is 0 Å². The molecule has 0 saturated carbocycles. The number of piperidine rings is 1. The van der Waals surface area contributed by atoms with Gasteiger partial charge in [0.15, 0.2) is 5.96 Å². The molecule has 1 rings (SSSR count). The summed E-state index contributed by atoms with van der Waals surface area (Å²) in [6, 6.07) is 0. The molecule has 0 aliphatic carbocycles. The first-order valence-corrected chi connectivity index (χ1v) is 7.64. The van der Waals surface area contributed by atoms with Crippen molar-refractivity contribution in [2.24, 2.45) is 10.9 Å². The minimum Gasteiger partial charge on any atom is -0.356 e.